The van der Waals surface area contributed by atoms with Gasteiger partial charge in [-0.2, -0.15) is 0 Å². The lowest BCUT2D eigenvalue weighted by molar-refractivity contribution is 0.00640. The number of carbonyl (C=O) groups is 1. The molecular formula is C29H27ClF2N2O4. The van der Waals surface area contributed by atoms with Crippen molar-refractivity contribution in [2.45, 2.75) is 53.2 Å². The van der Waals surface area contributed by atoms with Gasteiger partial charge in [-0.05, 0) is 77.4 Å². The number of fused-ring (bicyclic) bond motifs is 1. The number of benzene rings is 2. The number of hydrogen-bond donors (Lipinski definition) is 1. The summed E-state index contributed by atoms with van der Waals surface area (Å²) in [6.45, 7) is 10.4. The van der Waals surface area contributed by atoms with Crippen LogP contribution in [0.1, 0.15) is 60.9 Å². The van der Waals surface area contributed by atoms with Gasteiger partial charge in [-0.25, -0.2) is 18.6 Å². The molecule has 0 fully saturated rings. The van der Waals surface area contributed by atoms with Gasteiger partial charge < -0.3 is 14.5 Å². The molecule has 2 heterocycles. The molecule has 0 spiro atoms. The Kier molecular flexibility index (Phi) is 7.30. The van der Waals surface area contributed by atoms with Gasteiger partial charge in [0.25, 0.3) is 0 Å². The number of pyridine rings is 1. The smallest absolute Gasteiger partial charge is 0.359 e. The third kappa shape index (κ3) is 5.55. The summed E-state index contributed by atoms with van der Waals surface area (Å²) in [7, 11) is 0. The number of anilines is 1. The van der Waals surface area contributed by atoms with Gasteiger partial charge in [-0.15, -0.1) is 0 Å². The molecule has 0 saturated carbocycles. The molecule has 0 saturated heterocycles. The second-order valence-corrected chi connectivity index (χ2v) is 10.5. The fraction of sp³-hybridized carbons (Fsp3) is 0.276. The van der Waals surface area contributed by atoms with E-state index >= 15 is 0 Å². The highest BCUT2D eigenvalue weighted by Gasteiger charge is 2.25. The summed E-state index contributed by atoms with van der Waals surface area (Å²) in [5, 5.41) is 3.69. The normalized spacial score (nSPS) is 12.4. The first-order valence-electron chi connectivity index (χ1n) is 11.9. The van der Waals surface area contributed by atoms with E-state index < -0.39 is 29.2 Å². The molecule has 2 aromatic heterocycles. The van der Waals surface area contributed by atoms with E-state index in [1.807, 2.05) is 19.9 Å². The van der Waals surface area contributed by atoms with Crippen LogP contribution in [0.25, 0.3) is 22.3 Å². The standard InChI is InChI=1S/C29H27ClF2N2O4/c1-14-11-19(16(3)33-22-9-10-23(30)34-24(22)28(36)38-29(4,5)6)27-20(12-14)25(35)15(2)26(37-27)18-8-7-17(31)13-21(18)32/h7-13,16,33H,1-6H3/t16-/m1/s1. The number of carbonyl (C=O) groups excluding carboxylic acids is 1. The Balaban J connectivity index is 1.85. The third-order valence-electron chi connectivity index (χ3n) is 5.86. The van der Waals surface area contributed by atoms with Gasteiger partial charge in [0, 0.05) is 17.2 Å². The van der Waals surface area contributed by atoms with E-state index in [4.69, 9.17) is 20.8 Å². The number of esters is 1. The highest BCUT2D eigenvalue weighted by atomic mass is 35.5. The fourth-order valence-corrected chi connectivity index (χ4v) is 4.31. The van der Waals surface area contributed by atoms with Gasteiger partial charge in [-0.3, -0.25) is 4.79 Å². The second-order valence-electron chi connectivity index (χ2n) is 10.1. The molecule has 0 aliphatic heterocycles. The number of aryl methyl sites for hydroxylation is 1. The summed E-state index contributed by atoms with van der Waals surface area (Å²) in [5.41, 5.74) is 1.10. The van der Waals surface area contributed by atoms with Gasteiger partial charge in [0.05, 0.1) is 22.7 Å². The molecule has 9 heteroatoms. The molecule has 0 aliphatic rings. The van der Waals surface area contributed by atoms with Crippen molar-refractivity contribution in [3.05, 3.63) is 91.9 Å². The molecule has 0 bridgehead atoms. The van der Waals surface area contributed by atoms with Crippen molar-refractivity contribution in [1.29, 1.82) is 0 Å². The van der Waals surface area contributed by atoms with Gasteiger partial charge in [0.15, 0.2) is 11.1 Å². The van der Waals surface area contributed by atoms with Crippen molar-refractivity contribution in [2.75, 3.05) is 5.32 Å². The van der Waals surface area contributed by atoms with Crippen LogP contribution in [-0.4, -0.2) is 16.6 Å². The van der Waals surface area contributed by atoms with Gasteiger partial charge >= 0.3 is 5.97 Å². The molecule has 2 aromatic carbocycles. The maximum Gasteiger partial charge on any atom is 0.359 e. The highest BCUT2D eigenvalue weighted by Crippen LogP contribution is 2.34. The highest BCUT2D eigenvalue weighted by molar-refractivity contribution is 6.29. The van der Waals surface area contributed by atoms with Crippen LogP contribution in [0.5, 0.6) is 0 Å². The Morgan fingerprint density at radius 2 is 1.82 bits per heavy atom. The minimum absolute atomic E-state index is 0.00241. The number of ether oxygens (including phenoxy) is 1. The van der Waals surface area contributed by atoms with Gasteiger partial charge in [0.1, 0.15) is 33.7 Å². The monoisotopic (exact) mass is 540 g/mol. The van der Waals surface area contributed by atoms with E-state index in [0.29, 0.717) is 16.6 Å². The molecule has 198 valence electrons. The minimum Gasteiger partial charge on any atom is -0.455 e. The summed E-state index contributed by atoms with van der Waals surface area (Å²) in [6.07, 6.45) is 0. The lowest BCUT2D eigenvalue weighted by Crippen LogP contribution is -2.25. The van der Waals surface area contributed by atoms with E-state index in [2.05, 4.69) is 10.3 Å². The first-order chi connectivity index (χ1) is 17.7. The zero-order chi connectivity index (χ0) is 27.9. The molecular weight excluding hydrogens is 514 g/mol. The minimum atomic E-state index is -0.843. The summed E-state index contributed by atoms with van der Waals surface area (Å²) in [6, 6.07) is 9.27. The van der Waals surface area contributed by atoms with Crippen molar-refractivity contribution >= 4 is 34.2 Å². The lowest BCUT2D eigenvalue weighted by atomic mass is 9.98. The molecule has 6 nitrogen and oxygen atoms in total. The molecule has 38 heavy (non-hydrogen) atoms. The van der Waals surface area contributed by atoms with Crippen molar-refractivity contribution in [2.24, 2.45) is 0 Å². The summed E-state index contributed by atoms with van der Waals surface area (Å²) in [5.74, 6) is -2.22. The SMILES string of the molecule is Cc1cc([C@@H](C)Nc2ccc(Cl)nc2C(=O)OC(C)(C)C)c2oc(-c3ccc(F)cc3F)c(C)c(=O)c2c1. The van der Waals surface area contributed by atoms with Crippen LogP contribution in [0, 0.1) is 25.5 Å². The number of hydrogen-bond acceptors (Lipinski definition) is 6. The van der Waals surface area contributed by atoms with Gasteiger partial charge in [0.2, 0.25) is 0 Å². The predicted molar refractivity (Wildman–Crippen MR) is 144 cm³/mol. The van der Waals surface area contributed by atoms with E-state index in [0.717, 1.165) is 17.7 Å². The van der Waals surface area contributed by atoms with Crippen LogP contribution in [0.2, 0.25) is 5.15 Å². The molecule has 1 N–H and O–H groups in total. The predicted octanol–water partition coefficient (Wildman–Crippen LogP) is 7.53. The van der Waals surface area contributed by atoms with Crippen LogP contribution in [-0.2, 0) is 4.74 Å². The number of nitrogens with zero attached hydrogens (tertiary/aromatic N) is 1. The Morgan fingerprint density at radius 3 is 2.47 bits per heavy atom. The largest absolute Gasteiger partial charge is 0.455 e. The van der Waals surface area contributed by atoms with Crippen LogP contribution >= 0.6 is 11.6 Å². The number of halogens is 3. The Morgan fingerprint density at radius 1 is 1.11 bits per heavy atom. The molecule has 4 rings (SSSR count). The van der Waals surface area contributed by atoms with Crippen LogP contribution in [0.15, 0.2) is 51.7 Å². The number of rotatable bonds is 5. The lowest BCUT2D eigenvalue weighted by Gasteiger charge is -2.22. The van der Waals surface area contributed by atoms with Crippen molar-refractivity contribution in [3.63, 3.8) is 0 Å². The number of aromatic nitrogens is 1. The van der Waals surface area contributed by atoms with Crippen molar-refractivity contribution < 1.29 is 22.7 Å². The summed E-state index contributed by atoms with van der Waals surface area (Å²) < 4.78 is 39.8. The topological polar surface area (TPSA) is 81.4 Å². The van der Waals surface area contributed by atoms with Crippen LogP contribution < -0.4 is 10.7 Å². The molecule has 0 unspecified atom stereocenters. The first kappa shape index (κ1) is 27.3. The van der Waals surface area contributed by atoms with Crippen LogP contribution in [0.4, 0.5) is 14.5 Å². The molecule has 4 aromatic rings. The summed E-state index contributed by atoms with van der Waals surface area (Å²) >= 11 is 6.06. The quantitative estimate of drug-likeness (QED) is 0.208. The maximum atomic E-state index is 14.7. The molecule has 1 atom stereocenters. The first-order valence-corrected chi connectivity index (χ1v) is 12.3. The average molecular weight is 541 g/mol. The van der Waals surface area contributed by atoms with Crippen molar-refractivity contribution in [3.8, 4) is 11.3 Å². The average Bonchev–Trinajstić information content (AvgIpc) is 2.81. The Hall–Kier alpha value is -3.78. The van der Waals surface area contributed by atoms with Crippen LogP contribution in [0.3, 0.4) is 0 Å². The zero-order valence-corrected chi connectivity index (χ0v) is 22.6. The Labute approximate surface area is 223 Å². The second kappa shape index (κ2) is 10.2. The maximum absolute atomic E-state index is 14.7. The summed E-state index contributed by atoms with van der Waals surface area (Å²) in [4.78, 5) is 30.4. The Bertz CT molecular complexity index is 1630. The van der Waals surface area contributed by atoms with E-state index in [-0.39, 0.29) is 38.7 Å². The van der Waals surface area contributed by atoms with E-state index in [1.165, 1.54) is 12.1 Å². The van der Waals surface area contributed by atoms with E-state index in [1.54, 1.807) is 39.8 Å². The zero-order valence-electron chi connectivity index (χ0n) is 21.8. The van der Waals surface area contributed by atoms with Gasteiger partial charge in [-0.1, -0.05) is 17.7 Å². The molecule has 0 amide bonds. The third-order valence-corrected chi connectivity index (χ3v) is 6.07. The number of nitrogens with one attached hydrogen (secondary N) is 1. The van der Waals surface area contributed by atoms with E-state index in [9.17, 15) is 18.4 Å². The molecule has 0 aliphatic carbocycles. The molecule has 0 radical (unpaired) electrons. The van der Waals surface area contributed by atoms with Crippen molar-refractivity contribution in [1.82, 2.24) is 4.98 Å². The fourth-order valence-electron chi connectivity index (χ4n) is 4.16.